The summed E-state index contributed by atoms with van der Waals surface area (Å²) in [4.78, 5) is 162. The van der Waals surface area contributed by atoms with Crippen LogP contribution in [0.25, 0.3) is 10.9 Å². The standard InChI is InChI=1S/C52H79N17O14/c1-27(2)18-32(54)44(75)60-24-41(71)62-28(3)43(74)68-39(25-70)48(79)65-36(19-29-22-59-33-11-5-4-10-31(29)33)45(76)66-37(20-30-23-57-26-61-30)46(77)63-34(13-8-16-58-52(55)56)50(81)69-17-9-14-40(69)49(80)67-38(21-42(72)73)47(78)64-35(51(82)83)12-6-7-15-53/h4-5,10-11,22-23,26-28,32,34-40,59,70H,6-9,12-21,24-25,53-54H2,1-3H3,(H,57,61)(H,60,75)(H,62,71)(H,63,77)(H,64,78)(H,65,79)(H,66,76)(H,67,80)(H,68,74)(H,72,73)(H,82,83)(H4,55,56,58)/p+3/t28-,32-,34-,35-,36-,37-,38-,39-,40-/m0/s1. The topological polar surface area (TPSA) is 514 Å². The Bertz CT molecular complexity index is 2750. The number of carboxylic acid groups (broad SMARTS) is 2. The van der Waals surface area contributed by atoms with E-state index in [1.54, 1.807) is 30.5 Å². The average molecular weight is 1170 g/mol. The Hall–Kier alpha value is -8.71. The fourth-order valence-electron chi connectivity index (χ4n) is 9.22. The number of carbonyl (C=O) groups excluding carboxylic acids is 9. The molecule has 1 saturated heterocycles. The molecule has 0 bridgehead atoms. The Morgan fingerprint density at radius 3 is 2.01 bits per heavy atom. The number of amides is 9. The second-order valence-electron chi connectivity index (χ2n) is 20.7. The lowest BCUT2D eigenvalue weighted by molar-refractivity contribution is -0.459. The Kier molecular flexibility index (Phi) is 26.8. The highest BCUT2D eigenvalue weighted by atomic mass is 16.4. The summed E-state index contributed by atoms with van der Waals surface area (Å²) in [5.41, 5.74) is 20.3. The summed E-state index contributed by atoms with van der Waals surface area (Å²) in [6.07, 6.45) is 4.75. The van der Waals surface area contributed by atoms with Gasteiger partial charge >= 0.3 is 17.9 Å². The van der Waals surface area contributed by atoms with Crippen molar-refractivity contribution in [3.63, 3.8) is 0 Å². The number of carbonyl (C=O) groups is 11. The van der Waals surface area contributed by atoms with E-state index in [0.29, 0.717) is 48.0 Å². The van der Waals surface area contributed by atoms with E-state index in [-0.39, 0.29) is 69.9 Å². The first-order chi connectivity index (χ1) is 39.4. The molecule has 4 rings (SSSR count). The van der Waals surface area contributed by atoms with Crippen molar-refractivity contribution in [2.24, 2.45) is 17.4 Å². The maximum absolute atomic E-state index is 14.7. The number of H-pyrrole nitrogens is 2. The Labute approximate surface area is 477 Å². The summed E-state index contributed by atoms with van der Waals surface area (Å²) in [6, 6.07) is -5.37. The van der Waals surface area contributed by atoms with Gasteiger partial charge in [-0.15, -0.1) is 0 Å². The normalized spacial score (nSPS) is 15.9. The molecule has 83 heavy (non-hydrogen) atoms. The number of para-hydroxylation sites is 1. The number of benzene rings is 1. The number of aliphatic hydroxyl groups excluding tert-OH is 1. The van der Waals surface area contributed by atoms with Gasteiger partial charge in [0.05, 0.1) is 39.0 Å². The predicted octanol–water partition coefficient (Wildman–Crippen LogP) is -8.05. The van der Waals surface area contributed by atoms with Crippen LogP contribution in [-0.2, 0) is 65.6 Å². The van der Waals surface area contributed by atoms with E-state index in [1.807, 2.05) is 13.8 Å². The van der Waals surface area contributed by atoms with Gasteiger partial charge in [-0.2, -0.15) is 0 Å². The molecule has 9 atom stereocenters. The van der Waals surface area contributed by atoms with Crippen molar-refractivity contribution < 1.29 is 84.5 Å². The van der Waals surface area contributed by atoms with Gasteiger partial charge in [0.15, 0.2) is 6.04 Å². The number of nitrogens with one attached hydrogen (secondary N) is 11. The van der Waals surface area contributed by atoms with Gasteiger partial charge in [-0.05, 0) is 69.4 Å². The smallest absolute Gasteiger partial charge is 0.338 e. The number of nitrogens with zero attached hydrogens (tertiary/aromatic N) is 2. The van der Waals surface area contributed by atoms with Crippen molar-refractivity contribution in [2.75, 3.05) is 32.8 Å². The SMILES string of the molecule is CC(C)C[C@H]([NH3+])C(=O)NCC(=O)N[C@@H](C)C(=O)N[C@@H](CO)C(=O)N[C@@H](Cc1c[nH]c2ccccc12)C(=O)N[C@@H](Cc1cnc[nH]1)C(=O)N[C@@H](CCC[NH+]=C(N)N)C(=O)N1CCC[C@H]1C(=O)N[C@@H](CC(=O)O)C(=O)N[C@@H](CCCC[NH3+])C(=O)O. The van der Waals surface area contributed by atoms with Crippen LogP contribution in [0.5, 0.6) is 0 Å². The lowest BCUT2D eigenvalue weighted by Crippen LogP contribution is -2.78. The number of unbranched alkanes of at least 4 members (excludes halogenated alkanes) is 1. The number of aliphatic hydroxyl groups is 1. The first-order valence-electron chi connectivity index (χ1n) is 27.4. The molecule has 0 radical (unpaired) electrons. The Balaban J connectivity index is 1.59. The molecule has 0 aliphatic carbocycles. The molecule has 0 saturated carbocycles. The number of nitrogens with two attached hydrogens (primary N) is 2. The van der Waals surface area contributed by atoms with Crippen molar-refractivity contribution in [1.82, 2.24) is 62.4 Å². The summed E-state index contributed by atoms with van der Waals surface area (Å²) in [6.45, 7) is 4.32. The number of hydrogen-bond acceptors (Lipinski definition) is 13. The summed E-state index contributed by atoms with van der Waals surface area (Å²) in [5.74, 6) is -10.5. The van der Waals surface area contributed by atoms with E-state index in [0.717, 1.165) is 0 Å². The molecule has 2 aromatic heterocycles. The molecule has 0 unspecified atom stereocenters. The second kappa shape index (κ2) is 33.3. The van der Waals surface area contributed by atoms with Gasteiger partial charge in [-0.3, -0.25) is 64.4 Å². The molecule has 31 heteroatoms. The van der Waals surface area contributed by atoms with E-state index in [4.69, 9.17) is 11.5 Å². The highest BCUT2D eigenvalue weighted by molar-refractivity contribution is 5.99. The molecule has 3 heterocycles. The quantitative estimate of drug-likeness (QED) is 0.0148. The molecular weight excluding hydrogens is 1090 g/mol. The number of rotatable bonds is 35. The highest BCUT2D eigenvalue weighted by Crippen LogP contribution is 2.22. The van der Waals surface area contributed by atoms with Gasteiger partial charge < -0.3 is 84.2 Å². The lowest BCUT2D eigenvalue weighted by atomic mass is 10.0. The third-order valence-electron chi connectivity index (χ3n) is 13.6. The van der Waals surface area contributed by atoms with E-state index < -0.39 is 139 Å². The zero-order valence-electron chi connectivity index (χ0n) is 46.9. The Morgan fingerprint density at radius 1 is 0.759 bits per heavy atom. The highest BCUT2D eigenvalue weighted by Gasteiger charge is 2.41. The van der Waals surface area contributed by atoms with Crippen LogP contribution in [0.15, 0.2) is 43.0 Å². The first kappa shape index (κ1) is 66.8. The number of guanidine groups is 1. The van der Waals surface area contributed by atoms with Crippen LogP contribution in [0, 0.1) is 5.92 Å². The monoisotopic (exact) mass is 1170 g/mol. The molecule has 0 spiro atoms. The van der Waals surface area contributed by atoms with Crippen LogP contribution in [-0.4, -0.2) is 193 Å². The second-order valence-corrected chi connectivity index (χ2v) is 20.7. The van der Waals surface area contributed by atoms with Gasteiger partial charge in [0.2, 0.25) is 47.3 Å². The molecule has 24 N–H and O–H groups in total. The third kappa shape index (κ3) is 21.6. The number of aromatic nitrogens is 3. The lowest BCUT2D eigenvalue weighted by Gasteiger charge is -2.31. The van der Waals surface area contributed by atoms with Gasteiger partial charge in [-0.1, -0.05) is 32.0 Å². The molecule has 31 nitrogen and oxygen atoms in total. The van der Waals surface area contributed by atoms with Crippen LogP contribution >= 0.6 is 0 Å². The van der Waals surface area contributed by atoms with Crippen LogP contribution in [0.4, 0.5) is 0 Å². The molecule has 1 aliphatic rings. The summed E-state index contributed by atoms with van der Waals surface area (Å²) in [5, 5.41) is 50.4. The van der Waals surface area contributed by atoms with Crippen molar-refractivity contribution in [3.05, 3.63) is 54.2 Å². The van der Waals surface area contributed by atoms with Crippen molar-refractivity contribution in [3.8, 4) is 0 Å². The van der Waals surface area contributed by atoms with Crippen molar-refractivity contribution in [1.29, 1.82) is 0 Å². The van der Waals surface area contributed by atoms with Crippen LogP contribution < -0.4 is 70.5 Å². The summed E-state index contributed by atoms with van der Waals surface area (Å²) < 4.78 is 0. The zero-order valence-corrected chi connectivity index (χ0v) is 46.9. The largest absolute Gasteiger partial charge is 0.481 e. The number of carboxylic acids is 2. The summed E-state index contributed by atoms with van der Waals surface area (Å²) >= 11 is 0. The number of quaternary nitrogens is 2. The predicted molar refractivity (Wildman–Crippen MR) is 294 cm³/mol. The fourth-order valence-corrected chi connectivity index (χ4v) is 9.22. The third-order valence-corrected chi connectivity index (χ3v) is 13.6. The van der Waals surface area contributed by atoms with E-state index in [1.165, 1.54) is 24.3 Å². The molecule has 1 fully saturated rings. The van der Waals surface area contributed by atoms with Gasteiger partial charge in [-0.25, -0.2) is 9.78 Å². The van der Waals surface area contributed by atoms with Crippen molar-refractivity contribution >= 4 is 82.0 Å². The summed E-state index contributed by atoms with van der Waals surface area (Å²) in [7, 11) is 0. The van der Waals surface area contributed by atoms with E-state index in [9.17, 15) is 68.1 Å². The number of aromatic amines is 2. The number of hydrogen-bond donors (Lipinski definition) is 18. The maximum atomic E-state index is 14.7. The Morgan fingerprint density at radius 2 is 1.39 bits per heavy atom. The molecule has 3 aromatic rings. The molecule has 1 aliphatic heterocycles. The molecule has 9 amide bonds. The van der Waals surface area contributed by atoms with E-state index in [2.05, 4.69) is 73.9 Å². The van der Waals surface area contributed by atoms with Gasteiger partial charge in [0.1, 0.15) is 48.3 Å². The van der Waals surface area contributed by atoms with Crippen LogP contribution in [0.2, 0.25) is 0 Å². The minimum atomic E-state index is -1.74. The van der Waals surface area contributed by atoms with Gasteiger partial charge in [0, 0.05) is 54.8 Å². The number of imidazole rings is 1. The van der Waals surface area contributed by atoms with Crippen LogP contribution in [0.1, 0.15) is 89.8 Å². The maximum Gasteiger partial charge on any atom is 0.338 e. The van der Waals surface area contributed by atoms with Crippen molar-refractivity contribution in [2.45, 2.75) is 146 Å². The van der Waals surface area contributed by atoms with Gasteiger partial charge in [0.25, 0.3) is 5.91 Å². The minimum Gasteiger partial charge on any atom is -0.481 e. The molecular formula is C52H82N17O14+3. The fraction of sp³-hybridized carbons (Fsp3) is 0.558. The molecule has 456 valence electrons. The number of fused-ring (bicyclic) bond motifs is 1. The first-order valence-corrected chi connectivity index (χ1v) is 27.4. The minimum absolute atomic E-state index is 0.0149. The number of aliphatic carboxylic acids is 2. The van der Waals surface area contributed by atoms with E-state index >= 15 is 0 Å². The molecule has 1 aromatic carbocycles. The zero-order chi connectivity index (χ0) is 61.3. The average Bonchev–Trinajstić information content (AvgIpc) is 4.34. The van der Waals surface area contributed by atoms with Crippen LogP contribution in [0.3, 0.4) is 0 Å². The number of likely N-dealkylation sites (tertiary alicyclic amines) is 1.